The molecule has 0 unspecified atom stereocenters. The number of halogens is 1. The second kappa shape index (κ2) is 6.83. The van der Waals surface area contributed by atoms with Gasteiger partial charge < -0.3 is 0 Å². The summed E-state index contributed by atoms with van der Waals surface area (Å²) in [5, 5.41) is 0.243. The number of hydrogen-bond acceptors (Lipinski definition) is 2. The first-order valence-corrected chi connectivity index (χ1v) is 6.68. The highest BCUT2D eigenvalue weighted by Crippen LogP contribution is 2.23. The molecule has 0 amide bonds. The van der Waals surface area contributed by atoms with Gasteiger partial charge in [-0.25, -0.2) is 9.97 Å². The van der Waals surface area contributed by atoms with Crippen LogP contribution in [0.3, 0.4) is 0 Å². The molecule has 3 heteroatoms. The van der Waals surface area contributed by atoms with Crippen LogP contribution in [0.5, 0.6) is 0 Å². The van der Waals surface area contributed by atoms with E-state index >= 15 is 0 Å². The third-order valence-corrected chi connectivity index (χ3v) is 2.96. The molecule has 0 aliphatic carbocycles. The van der Waals surface area contributed by atoms with Crippen LogP contribution in [-0.2, 0) is 0 Å². The van der Waals surface area contributed by atoms with Crippen LogP contribution in [0.25, 0.3) is 16.8 Å². The summed E-state index contributed by atoms with van der Waals surface area (Å²) in [7, 11) is 0. The summed E-state index contributed by atoms with van der Waals surface area (Å²) < 4.78 is 0. The Labute approximate surface area is 124 Å². The van der Waals surface area contributed by atoms with Gasteiger partial charge in [0.1, 0.15) is 0 Å². The van der Waals surface area contributed by atoms with E-state index in [1.165, 1.54) is 0 Å². The van der Waals surface area contributed by atoms with Crippen molar-refractivity contribution in [2.75, 3.05) is 0 Å². The van der Waals surface area contributed by atoms with Gasteiger partial charge in [0.15, 0.2) is 0 Å². The molecule has 2 aromatic rings. The maximum atomic E-state index is 6.04. The van der Waals surface area contributed by atoms with Crippen LogP contribution >= 0.6 is 11.6 Å². The van der Waals surface area contributed by atoms with Crippen molar-refractivity contribution < 1.29 is 0 Å². The van der Waals surface area contributed by atoms with E-state index < -0.39 is 0 Å². The molecular weight excluding hydrogens is 268 g/mol. The molecule has 0 bridgehead atoms. The first-order chi connectivity index (χ1) is 9.74. The SMILES string of the molecule is C=C/C=C\C(=C/C)c1cc(-c2ccccc2)nc(Cl)n1. The molecular formula is C17H15ClN2. The molecule has 0 atom stereocenters. The highest BCUT2D eigenvalue weighted by atomic mass is 35.5. The molecule has 0 aliphatic rings. The highest BCUT2D eigenvalue weighted by Gasteiger charge is 2.07. The lowest BCUT2D eigenvalue weighted by molar-refractivity contribution is 1.15. The zero-order chi connectivity index (χ0) is 14.4. The third kappa shape index (κ3) is 3.43. The Kier molecular flexibility index (Phi) is 4.85. The molecule has 0 fully saturated rings. The molecule has 1 heterocycles. The van der Waals surface area contributed by atoms with Crippen molar-refractivity contribution in [3.63, 3.8) is 0 Å². The first-order valence-electron chi connectivity index (χ1n) is 6.30. The molecule has 0 saturated heterocycles. The van der Waals surface area contributed by atoms with Crippen molar-refractivity contribution >= 4 is 17.2 Å². The summed E-state index contributed by atoms with van der Waals surface area (Å²) in [6, 6.07) is 11.8. The second-order valence-corrected chi connectivity index (χ2v) is 4.45. The predicted octanol–water partition coefficient (Wildman–Crippen LogP) is 4.94. The van der Waals surface area contributed by atoms with Gasteiger partial charge in [0.2, 0.25) is 5.28 Å². The molecule has 0 saturated carbocycles. The molecule has 20 heavy (non-hydrogen) atoms. The molecule has 0 N–H and O–H groups in total. The summed E-state index contributed by atoms with van der Waals surface area (Å²) in [6.07, 6.45) is 7.52. The fraction of sp³-hybridized carbons (Fsp3) is 0.0588. The molecule has 1 aromatic carbocycles. The number of nitrogens with zero attached hydrogens (tertiary/aromatic N) is 2. The van der Waals surface area contributed by atoms with Gasteiger partial charge in [-0.15, -0.1) is 0 Å². The molecule has 1 aromatic heterocycles. The van der Waals surface area contributed by atoms with Gasteiger partial charge >= 0.3 is 0 Å². The predicted molar refractivity (Wildman–Crippen MR) is 85.5 cm³/mol. The molecule has 0 radical (unpaired) electrons. The van der Waals surface area contributed by atoms with E-state index in [9.17, 15) is 0 Å². The fourth-order valence-corrected chi connectivity index (χ4v) is 2.01. The fourth-order valence-electron chi connectivity index (χ4n) is 1.82. The highest BCUT2D eigenvalue weighted by molar-refractivity contribution is 6.28. The minimum absolute atomic E-state index is 0.243. The number of allylic oxidation sites excluding steroid dienone is 5. The van der Waals surface area contributed by atoms with E-state index in [4.69, 9.17) is 11.6 Å². The van der Waals surface area contributed by atoms with E-state index in [-0.39, 0.29) is 5.28 Å². The Balaban J connectivity index is 2.49. The van der Waals surface area contributed by atoms with Crippen molar-refractivity contribution in [3.05, 3.63) is 78.3 Å². The Bertz CT molecular complexity index is 658. The summed E-state index contributed by atoms with van der Waals surface area (Å²) in [6.45, 7) is 5.63. The lowest BCUT2D eigenvalue weighted by Crippen LogP contribution is -1.94. The van der Waals surface area contributed by atoms with Gasteiger partial charge in [0, 0.05) is 5.56 Å². The van der Waals surface area contributed by atoms with E-state index in [2.05, 4.69) is 16.5 Å². The van der Waals surface area contributed by atoms with E-state index in [1.807, 2.05) is 61.5 Å². The van der Waals surface area contributed by atoms with Crippen molar-refractivity contribution in [1.82, 2.24) is 9.97 Å². The third-order valence-electron chi connectivity index (χ3n) is 2.79. The second-order valence-electron chi connectivity index (χ2n) is 4.11. The van der Waals surface area contributed by atoms with Crippen LogP contribution in [0.15, 0.2) is 67.3 Å². The topological polar surface area (TPSA) is 25.8 Å². The normalized spacial score (nSPS) is 11.8. The lowest BCUT2D eigenvalue weighted by Gasteiger charge is -2.06. The molecule has 0 aliphatic heterocycles. The van der Waals surface area contributed by atoms with Gasteiger partial charge in [-0.2, -0.15) is 0 Å². The lowest BCUT2D eigenvalue weighted by atomic mass is 10.1. The smallest absolute Gasteiger partial charge is 0.218 e. The van der Waals surface area contributed by atoms with Crippen molar-refractivity contribution in [1.29, 1.82) is 0 Å². The Morgan fingerprint density at radius 2 is 1.95 bits per heavy atom. The van der Waals surface area contributed by atoms with Crippen LogP contribution in [0, 0.1) is 0 Å². The van der Waals surface area contributed by atoms with E-state index in [0.29, 0.717) is 0 Å². The van der Waals surface area contributed by atoms with Crippen LogP contribution in [-0.4, -0.2) is 9.97 Å². The monoisotopic (exact) mass is 282 g/mol. The standard InChI is InChI=1S/C17H15ClN2/c1-3-5-9-13(4-2)15-12-16(20-17(18)19-15)14-10-7-6-8-11-14/h3-12H,1H2,2H3/b9-5-,13-4+. The molecule has 2 rings (SSSR count). The van der Waals surface area contributed by atoms with Crippen molar-refractivity contribution in [2.45, 2.75) is 6.92 Å². The van der Waals surface area contributed by atoms with Crippen LogP contribution < -0.4 is 0 Å². The van der Waals surface area contributed by atoms with Crippen molar-refractivity contribution in [2.24, 2.45) is 0 Å². The first kappa shape index (κ1) is 14.2. The Morgan fingerprint density at radius 1 is 1.20 bits per heavy atom. The summed E-state index contributed by atoms with van der Waals surface area (Å²) in [5.74, 6) is 0. The van der Waals surface area contributed by atoms with Gasteiger partial charge in [-0.05, 0) is 30.2 Å². The summed E-state index contributed by atoms with van der Waals surface area (Å²) in [5.41, 5.74) is 3.60. The number of aromatic nitrogens is 2. The number of rotatable bonds is 4. The van der Waals surface area contributed by atoms with Gasteiger partial charge in [0.25, 0.3) is 0 Å². The van der Waals surface area contributed by atoms with Crippen molar-refractivity contribution in [3.8, 4) is 11.3 Å². The summed E-state index contributed by atoms with van der Waals surface area (Å²) >= 11 is 6.04. The minimum Gasteiger partial charge on any atom is -0.218 e. The minimum atomic E-state index is 0.243. The Hall–Kier alpha value is -2.19. The molecule has 0 spiro atoms. The summed E-state index contributed by atoms with van der Waals surface area (Å²) in [4.78, 5) is 8.57. The van der Waals surface area contributed by atoms with Gasteiger partial charge in [-0.1, -0.05) is 61.2 Å². The van der Waals surface area contributed by atoms with Crippen LogP contribution in [0.2, 0.25) is 5.28 Å². The quantitative estimate of drug-likeness (QED) is 0.586. The maximum Gasteiger partial charge on any atom is 0.223 e. The van der Waals surface area contributed by atoms with Gasteiger partial charge in [-0.3, -0.25) is 0 Å². The van der Waals surface area contributed by atoms with Crippen LogP contribution in [0.4, 0.5) is 0 Å². The molecule has 100 valence electrons. The van der Waals surface area contributed by atoms with E-state index in [1.54, 1.807) is 6.08 Å². The zero-order valence-electron chi connectivity index (χ0n) is 11.3. The number of hydrogen-bond donors (Lipinski definition) is 0. The average molecular weight is 283 g/mol. The van der Waals surface area contributed by atoms with E-state index in [0.717, 1.165) is 22.5 Å². The molecule has 2 nitrogen and oxygen atoms in total. The van der Waals surface area contributed by atoms with Gasteiger partial charge in [0.05, 0.1) is 11.4 Å². The maximum absolute atomic E-state index is 6.04. The average Bonchev–Trinajstić information content (AvgIpc) is 2.48. The Morgan fingerprint density at radius 3 is 2.60 bits per heavy atom. The van der Waals surface area contributed by atoms with Crippen LogP contribution in [0.1, 0.15) is 12.6 Å². The zero-order valence-corrected chi connectivity index (χ0v) is 12.0. The number of benzene rings is 1. The largest absolute Gasteiger partial charge is 0.223 e.